The maximum absolute atomic E-state index is 12.3. The van der Waals surface area contributed by atoms with E-state index in [9.17, 15) is 9.59 Å². The highest BCUT2D eigenvalue weighted by Gasteiger charge is 2.21. The van der Waals surface area contributed by atoms with Gasteiger partial charge in [0.1, 0.15) is 0 Å². The Morgan fingerprint density at radius 1 is 0.929 bits per heavy atom. The summed E-state index contributed by atoms with van der Waals surface area (Å²) < 4.78 is 5.68. The van der Waals surface area contributed by atoms with Crippen molar-refractivity contribution in [2.24, 2.45) is 0 Å². The Morgan fingerprint density at radius 2 is 1.64 bits per heavy atom. The lowest BCUT2D eigenvalue weighted by molar-refractivity contribution is -0.115. The van der Waals surface area contributed by atoms with E-state index in [-0.39, 0.29) is 17.6 Å². The largest absolute Gasteiger partial charge is 0.449 e. The van der Waals surface area contributed by atoms with Gasteiger partial charge in [-0.15, -0.1) is 0 Å². The lowest BCUT2D eigenvalue weighted by atomic mass is 10.1. The van der Waals surface area contributed by atoms with Crippen LogP contribution in [0.4, 0.5) is 5.69 Å². The molecule has 0 saturated carbocycles. The second-order valence-corrected chi connectivity index (χ2v) is 6.35. The summed E-state index contributed by atoms with van der Waals surface area (Å²) in [5.41, 5.74) is 3.01. The Labute approximate surface area is 162 Å². The molecule has 1 heterocycles. The normalized spacial score (nSPS) is 14.0. The van der Waals surface area contributed by atoms with Crippen molar-refractivity contribution in [1.29, 1.82) is 0 Å². The maximum Gasteiger partial charge on any atom is 0.291 e. The van der Waals surface area contributed by atoms with Gasteiger partial charge in [-0.1, -0.05) is 54.6 Å². The van der Waals surface area contributed by atoms with Gasteiger partial charge in [0.15, 0.2) is 11.5 Å². The number of para-hydroxylation sites is 2. The van der Waals surface area contributed by atoms with Gasteiger partial charge in [0.2, 0.25) is 0 Å². The quantitative estimate of drug-likeness (QED) is 0.683. The molecular formula is C23H18N2O3. The van der Waals surface area contributed by atoms with Crippen LogP contribution in [0.1, 0.15) is 21.5 Å². The molecule has 2 N–H and O–H groups in total. The summed E-state index contributed by atoms with van der Waals surface area (Å²) in [6.45, 7) is 0.471. The van der Waals surface area contributed by atoms with Gasteiger partial charge in [0.05, 0.1) is 5.69 Å². The molecule has 0 aromatic heterocycles. The molecule has 0 spiro atoms. The fraction of sp³-hybridized carbons (Fsp3) is 0.0435. The molecule has 0 fully saturated rings. The fourth-order valence-corrected chi connectivity index (χ4v) is 2.87. The third kappa shape index (κ3) is 3.94. The molecule has 2 amide bonds. The van der Waals surface area contributed by atoms with E-state index in [2.05, 4.69) is 10.6 Å². The molecule has 138 valence electrons. The third-order valence-corrected chi connectivity index (χ3v) is 4.35. The van der Waals surface area contributed by atoms with Crippen LogP contribution < -0.4 is 15.4 Å². The van der Waals surface area contributed by atoms with Gasteiger partial charge in [-0.25, -0.2) is 0 Å². The highest BCUT2D eigenvalue weighted by atomic mass is 16.5. The summed E-state index contributed by atoms with van der Waals surface area (Å²) in [4.78, 5) is 24.5. The maximum atomic E-state index is 12.3. The van der Waals surface area contributed by atoms with Crippen molar-refractivity contribution in [2.75, 3.05) is 5.32 Å². The minimum absolute atomic E-state index is 0.149. The van der Waals surface area contributed by atoms with E-state index in [1.807, 2.05) is 42.5 Å². The Bertz CT molecular complexity index is 1040. The minimum Gasteiger partial charge on any atom is -0.449 e. The molecule has 3 aromatic rings. The number of ether oxygens (including phenoxy) is 1. The Hall–Kier alpha value is -3.86. The molecule has 4 rings (SSSR count). The Morgan fingerprint density at radius 3 is 2.43 bits per heavy atom. The molecule has 0 bridgehead atoms. The number of fused-ring (bicyclic) bond motifs is 1. The average Bonchev–Trinajstić information content (AvgIpc) is 2.74. The van der Waals surface area contributed by atoms with Crippen molar-refractivity contribution in [3.63, 3.8) is 0 Å². The summed E-state index contributed by atoms with van der Waals surface area (Å²) in [6.07, 6.45) is 1.65. The van der Waals surface area contributed by atoms with Gasteiger partial charge in [-0.3, -0.25) is 9.59 Å². The molecule has 5 heteroatoms. The van der Waals surface area contributed by atoms with Crippen molar-refractivity contribution in [2.45, 2.75) is 6.54 Å². The van der Waals surface area contributed by atoms with Gasteiger partial charge in [0.25, 0.3) is 11.8 Å². The van der Waals surface area contributed by atoms with Crippen LogP contribution in [0.25, 0.3) is 6.08 Å². The van der Waals surface area contributed by atoms with Crippen molar-refractivity contribution in [3.05, 3.63) is 101 Å². The van der Waals surface area contributed by atoms with Crippen molar-refractivity contribution >= 4 is 23.6 Å². The first-order chi connectivity index (χ1) is 13.7. The molecule has 0 unspecified atom stereocenters. The zero-order valence-electron chi connectivity index (χ0n) is 15.0. The average molecular weight is 370 g/mol. The lowest BCUT2D eigenvalue weighted by Crippen LogP contribution is -2.23. The number of amides is 2. The van der Waals surface area contributed by atoms with Gasteiger partial charge in [0, 0.05) is 12.1 Å². The Balaban J connectivity index is 1.44. The zero-order valence-corrected chi connectivity index (χ0v) is 15.0. The van der Waals surface area contributed by atoms with E-state index in [1.54, 1.807) is 42.5 Å². The first kappa shape index (κ1) is 17.5. The van der Waals surface area contributed by atoms with E-state index in [1.165, 1.54) is 0 Å². The highest BCUT2D eigenvalue weighted by molar-refractivity contribution is 6.08. The van der Waals surface area contributed by atoms with E-state index >= 15 is 0 Å². The number of hydrogen-bond acceptors (Lipinski definition) is 3. The summed E-state index contributed by atoms with van der Waals surface area (Å²) in [7, 11) is 0. The van der Waals surface area contributed by atoms with Crippen molar-refractivity contribution in [3.8, 4) is 5.75 Å². The second-order valence-electron chi connectivity index (χ2n) is 6.35. The molecule has 3 aromatic carbocycles. The van der Waals surface area contributed by atoms with Gasteiger partial charge in [-0.05, 0) is 41.5 Å². The van der Waals surface area contributed by atoms with Crippen LogP contribution in [-0.4, -0.2) is 11.8 Å². The third-order valence-electron chi connectivity index (χ3n) is 4.35. The number of hydrogen-bond donors (Lipinski definition) is 2. The Kier molecular flexibility index (Phi) is 4.89. The van der Waals surface area contributed by atoms with E-state index in [0.717, 1.165) is 11.1 Å². The zero-order chi connectivity index (χ0) is 19.3. The predicted molar refractivity (Wildman–Crippen MR) is 108 cm³/mol. The highest BCUT2D eigenvalue weighted by Crippen LogP contribution is 2.30. The number of anilines is 1. The minimum atomic E-state index is -0.302. The van der Waals surface area contributed by atoms with E-state index < -0.39 is 0 Å². The van der Waals surface area contributed by atoms with E-state index in [4.69, 9.17) is 4.74 Å². The molecule has 1 aliphatic rings. The number of carbonyl (C=O) groups excluding carboxylic acids is 2. The van der Waals surface area contributed by atoms with Crippen LogP contribution in [0.3, 0.4) is 0 Å². The molecule has 0 aliphatic carbocycles. The van der Waals surface area contributed by atoms with Gasteiger partial charge in [-0.2, -0.15) is 0 Å². The number of carbonyl (C=O) groups is 2. The number of nitrogens with one attached hydrogen (secondary N) is 2. The molecule has 0 atom stereocenters. The molecule has 1 aliphatic heterocycles. The molecule has 28 heavy (non-hydrogen) atoms. The smallest absolute Gasteiger partial charge is 0.291 e. The summed E-state index contributed by atoms with van der Waals surface area (Å²) >= 11 is 0. The van der Waals surface area contributed by atoms with Gasteiger partial charge >= 0.3 is 0 Å². The summed E-state index contributed by atoms with van der Waals surface area (Å²) in [5.74, 6) is 0.359. The molecular weight excluding hydrogens is 352 g/mol. The SMILES string of the molecule is O=C1Nc2ccccc2O/C1=C\c1ccc(C(=O)NCc2ccccc2)cc1. The van der Waals surface area contributed by atoms with Crippen molar-refractivity contribution in [1.82, 2.24) is 5.32 Å². The topological polar surface area (TPSA) is 67.4 Å². The van der Waals surface area contributed by atoms with E-state index in [0.29, 0.717) is 23.5 Å². The van der Waals surface area contributed by atoms with Gasteiger partial charge < -0.3 is 15.4 Å². The number of benzene rings is 3. The lowest BCUT2D eigenvalue weighted by Gasteiger charge is -2.19. The monoisotopic (exact) mass is 370 g/mol. The molecule has 0 saturated heterocycles. The van der Waals surface area contributed by atoms with Crippen LogP contribution in [0.2, 0.25) is 0 Å². The van der Waals surface area contributed by atoms with Crippen LogP contribution in [0.15, 0.2) is 84.6 Å². The summed E-state index contributed by atoms with van der Waals surface area (Å²) in [6, 6.07) is 24.0. The first-order valence-corrected chi connectivity index (χ1v) is 8.91. The standard InChI is InChI=1S/C23H18N2O3/c26-22(24-15-17-6-2-1-3-7-17)18-12-10-16(11-13-18)14-21-23(27)25-19-8-4-5-9-20(19)28-21/h1-14H,15H2,(H,24,26)(H,25,27)/b21-14-. The van der Waals surface area contributed by atoms with Crippen molar-refractivity contribution < 1.29 is 14.3 Å². The van der Waals surface area contributed by atoms with Crippen LogP contribution in [0, 0.1) is 0 Å². The van der Waals surface area contributed by atoms with Crippen LogP contribution in [-0.2, 0) is 11.3 Å². The second kappa shape index (κ2) is 7.80. The summed E-state index contributed by atoms with van der Waals surface area (Å²) in [5, 5.41) is 5.69. The van der Waals surface area contributed by atoms with Crippen LogP contribution >= 0.6 is 0 Å². The fourth-order valence-electron chi connectivity index (χ4n) is 2.87. The number of rotatable bonds is 4. The first-order valence-electron chi connectivity index (χ1n) is 8.91. The molecule has 0 radical (unpaired) electrons. The molecule has 5 nitrogen and oxygen atoms in total. The predicted octanol–water partition coefficient (Wildman–Crippen LogP) is 3.99. The van der Waals surface area contributed by atoms with Crippen LogP contribution in [0.5, 0.6) is 5.75 Å².